The van der Waals surface area contributed by atoms with Crippen molar-refractivity contribution in [1.29, 1.82) is 0 Å². The molecule has 2 aromatic carbocycles. The number of amides is 1. The number of carbonyl (C=O) groups is 1. The average Bonchev–Trinajstić information content (AvgIpc) is 2.75. The van der Waals surface area contributed by atoms with Crippen LogP contribution in [0.4, 0.5) is 5.69 Å². The smallest absolute Gasteiger partial charge is 0.248 e. The number of ether oxygens (including phenoxy) is 2. The van der Waals surface area contributed by atoms with Gasteiger partial charge in [-0.15, -0.1) is 0 Å². The van der Waals surface area contributed by atoms with Crippen LogP contribution in [0.15, 0.2) is 48.5 Å². The zero-order valence-electron chi connectivity index (χ0n) is 17.4. The molecule has 1 heterocycles. The highest BCUT2D eigenvalue weighted by Crippen LogP contribution is 2.25. The topological polar surface area (TPSA) is 54.0 Å². The minimum absolute atomic E-state index is 0.193. The Morgan fingerprint density at radius 1 is 1.03 bits per heavy atom. The van der Waals surface area contributed by atoms with Crippen molar-refractivity contribution < 1.29 is 14.3 Å². The first-order valence-electron chi connectivity index (χ1n) is 9.78. The molecular formula is C23H29N3O3. The van der Waals surface area contributed by atoms with Gasteiger partial charge in [0.2, 0.25) is 5.91 Å². The first-order chi connectivity index (χ1) is 14.1. The summed E-state index contributed by atoms with van der Waals surface area (Å²) in [4.78, 5) is 17.1. The van der Waals surface area contributed by atoms with Gasteiger partial charge in [-0.3, -0.25) is 9.69 Å². The number of hydrogen-bond acceptors (Lipinski definition) is 5. The quantitative estimate of drug-likeness (QED) is 0.730. The number of nitrogens with one attached hydrogen (secondary N) is 1. The van der Waals surface area contributed by atoms with Crippen LogP contribution in [0, 0.1) is 0 Å². The van der Waals surface area contributed by atoms with Crippen molar-refractivity contribution in [3.8, 4) is 11.5 Å². The SMILES string of the molecule is COc1ccc(OC)c(C=CC(=O)Nc2ccc(CN3CCN(C)CC3)cc2)c1. The molecule has 1 amide bonds. The van der Waals surface area contributed by atoms with Crippen LogP contribution in [-0.2, 0) is 11.3 Å². The van der Waals surface area contributed by atoms with Gasteiger partial charge in [0.15, 0.2) is 0 Å². The van der Waals surface area contributed by atoms with Crippen molar-refractivity contribution in [2.24, 2.45) is 0 Å². The van der Waals surface area contributed by atoms with Crippen LogP contribution in [0.1, 0.15) is 11.1 Å². The van der Waals surface area contributed by atoms with E-state index in [0.717, 1.165) is 44.0 Å². The van der Waals surface area contributed by atoms with Crippen molar-refractivity contribution in [2.45, 2.75) is 6.54 Å². The molecule has 0 aromatic heterocycles. The van der Waals surface area contributed by atoms with Crippen LogP contribution in [-0.4, -0.2) is 63.2 Å². The van der Waals surface area contributed by atoms with E-state index in [0.29, 0.717) is 11.5 Å². The Bertz CT molecular complexity index is 841. The zero-order valence-corrected chi connectivity index (χ0v) is 17.4. The number of likely N-dealkylation sites (N-methyl/N-ethyl adjacent to an activating group) is 1. The third-order valence-electron chi connectivity index (χ3n) is 5.07. The molecule has 1 fully saturated rings. The zero-order chi connectivity index (χ0) is 20.6. The molecule has 0 aliphatic carbocycles. The van der Waals surface area contributed by atoms with Crippen LogP contribution in [0.3, 0.4) is 0 Å². The highest BCUT2D eigenvalue weighted by molar-refractivity contribution is 6.02. The van der Waals surface area contributed by atoms with Crippen LogP contribution in [0.5, 0.6) is 11.5 Å². The van der Waals surface area contributed by atoms with Gasteiger partial charge >= 0.3 is 0 Å². The van der Waals surface area contributed by atoms with Crippen LogP contribution in [0.25, 0.3) is 6.08 Å². The minimum Gasteiger partial charge on any atom is -0.497 e. The van der Waals surface area contributed by atoms with Gasteiger partial charge < -0.3 is 19.7 Å². The molecule has 6 nitrogen and oxygen atoms in total. The lowest BCUT2D eigenvalue weighted by Crippen LogP contribution is -2.43. The van der Waals surface area contributed by atoms with Gasteiger partial charge in [-0.1, -0.05) is 12.1 Å². The number of methoxy groups -OCH3 is 2. The lowest BCUT2D eigenvalue weighted by atomic mass is 10.1. The van der Waals surface area contributed by atoms with Crippen molar-refractivity contribution >= 4 is 17.7 Å². The molecule has 0 unspecified atom stereocenters. The molecular weight excluding hydrogens is 366 g/mol. The van der Waals surface area contributed by atoms with E-state index in [1.165, 1.54) is 11.6 Å². The highest BCUT2D eigenvalue weighted by Gasteiger charge is 2.13. The fourth-order valence-corrected chi connectivity index (χ4v) is 3.28. The summed E-state index contributed by atoms with van der Waals surface area (Å²) in [7, 11) is 5.37. The third-order valence-corrected chi connectivity index (χ3v) is 5.07. The van der Waals surface area contributed by atoms with Crippen molar-refractivity contribution in [2.75, 3.05) is 52.8 Å². The maximum atomic E-state index is 12.3. The summed E-state index contributed by atoms with van der Waals surface area (Å²) >= 11 is 0. The summed E-state index contributed by atoms with van der Waals surface area (Å²) in [5.74, 6) is 1.20. The van der Waals surface area contributed by atoms with Crippen molar-refractivity contribution in [3.63, 3.8) is 0 Å². The van der Waals surface area contributed by atoms with Gasteiger partial charge in [0, 0.05) is 50.1 Å². The lowest BCUT2D eigenvalue weighted by molar-refractivity contribution is -0.111. The van der Waals surface area contributed by atoms with E-state index in [2.05, 4.69) is 34.3 Å². The number of rotatable bonds is 7. The largest absolute Gasteiger partial charge is 0.497 e. The third kappa shape index (κ3) is 6.07. The number of anilines is 1. The monoisotopic (exact) mass is 395 g/mol. The predicted octanol–water partition coefficient (Wildman–Crippen LogP) is 3.10. The summed E-state index contributed by atoms with van der Waals surface area (Å²) < 4.78 is 10.6. The van der Waals surface area contributed by atoms with Crippen molar-refractivity contribution in [1.82, 2.24) is 9.80 Å². The first kappa shape index (κ1) is 20.9. The Labute approximate surface area is 172 Å². The fraction of sp³-hybridized carbons (Fsp3) is 0.348. The van der Waals surface area contributed by atoms with Crippen LogP contribution >= 0.6 is 0 Å². The molecule has 154 valence electrons. The highest BCUT2D eigenvalue weighted by atomic mass is 16.5. The van der Waals surface area contributed by atoms with Gasteiger partial charge in [0.1, 0.15) is 11.5 Å². The van der Waals surface area contributed by atoms with E-state index < -0.39 is 0 Å². The summed E-state index contributed by atoms with van der Waals surface area (Å²) in [6.45, 7) is 5.34. The Balaban J connectivity index is 1.56. The first-order valence-corrected chi connectivity index (χ1v) is 9.78. The lowest BCUT2D eigenvalue weighted by Gasteiger charge is -2.32. The molecule has 3 rings (SSSR count). The Morgan fingerprint density at radius 2 is 1.76 bits per heavy atom. The van der Waals surface area contributed by atoms with E-state index >= 15 is 0 Å². The molecule has 29 heavy (non-hydrogen) atoms. The maximum Gasteiger partial charge on any atom is 0.248 e. The van der Waals surface area contributed by atoms with Gasteiger partial charge in [-0.05, 0) is 49.0 Å². The number of benzene rings is 2. The molecule has 0 atom stereocenters. The van der Waals surface area contributed by atoms with E-state index in [1.807, 2.05) is 30.3 Å². The Kier molecular flexibility index (Phi) is 7.27. The second kappa shape index (κ2) is 10.1. The molecule has 2 aromatic rings. The van der Waals surface area contributed by atoms with Gasteiger partial charge in [0.25, 0.3) is 0 Å². The number of piperazine rings is 1. The van der Waals surface area contributed by atoms with Gasteiger partial charge in [-0.25, -0.2) is 0 Å². The average molecular weight is 396 g/mol. The van der Waals surface area contributed by atoms with Crippen LogP contribution < -0.4 is 14.8 Å². The van der Waals surface area contributed by atoms with E-state index in [1.54, 1.807) is 20.3 Å². The van der Waals surface area contributed by atoms with Gasteiger partial charge in [0.05, 0.1) is 14.2 Å². The second-order valence-electron chi connectivity index (χ2n) is 7.21. The Morgan fingerprint density at radius 3 is 2.41 bits per heavy atom. The van der Waals surface area contributed by atoms with E-state index in [4.69, 9.17) is 9.47 Å². The summed E-state index contributed by atoms with van der Waals surface area (Å²) in [6.07, 6.45) is 3.22. The summed E-state index contributed by atoms with van der Waals surface area (Å²) in [6, 6.07) is 13.5. The number of carbonyl (C=O) groups excluding carboxylic acids is 1. The molecule has 1 saturated heterocycles. The molecule has 1 aliphatic heterocycles. The predicted molar refractivity (Wildman–Crippen MR) is 116 cm³/mol. The minimum atomic E-state index is -0.193. The second-order valence-corrected chi connectivity index (χ2v) is 7.21. The standard InChI is InChI=1S/C23H29N3O3/c1-25-12-14-26(15-13-25)17-18-4-7-20(8-5-18)24-23(27)11-6-19-16-21(28-2)9-10-22(19)29-3/h4-11,16H,12-15,17H2,1-3H3,(H,24,27). The maximum absolute atomic E-state index is 12.3. The molecule has 6 heteroatoms. The molecule has 1 N–H and O–H groups in total. The molecule has 1 aliphatic rings. The number of hydrogen-bond donors (Lipinski definition) is 1. The van der Waals surface area contributed by atoms with Crippen LogP contribution in [0.2, 0.25) is 0 Å². The number of nitrogens with zero attached hydrogens (tertiary/aromatic N) is 2. The Hall–Kier alpha value is -2.83. The summed E-state index contributed by atoms with van der Waals surface area (Å²) in [5, 5.41) is 2.90. The molecule has 0 spiro atoms. The summed E-state index contributed by atoms with van der Waals surface area (Å²) in [5.41, 5.74) is 2.81. The fourth-order valence-electron chi connectivity index (χ4n) is 3.28. The van der Waals surface area contributed by atoms with Gasteiger partial charge in [-0.2, -0.15) is 0 Å². The molecule has 0 radical (unpaired) electrons. The normalized spacial score (nSPS) is 15.4. The van der Waals surface area contributed by atoms with E-state index in [-0.39, 0.29) is 5.91 Å². The van der Waals surface area contributed by atoms with Crippen molar-refractivity contribution in [3.05, 3.63) is 59.7 Å². The molecule has 0 saturated carbocycles. The molecule has 0 bridgehead atoms. The van der Waals surface area contributed by atoms with E-state index in [9.17, 15) is 4.79 Å².